The van der Waals surface area contributed by atoms with Crippen molar-refractivity contribution in [1.82, 2.24) is 0 Å². The predicted molar refractivity (Wildman–Crippen MR) is 62.7 cm³/mol. The van der Waals surface area contributed by atoms with Gasteiger partial charge in [-0.1, -0.05) is 0 Å². The van der Waals surface area contributed by atoms with Crippen LogP contribution >= 0.6 is 0 Å². The molecule has 17 heavy (non-hydrogen) atoms. The molecule has 0 aromatic heterocycles. The first kappa shape index (κ1) is 13.9. The van der Waals surface area contributed by atoms with Gasteiger partial charge in [-0.3, -0.25) is 14.4 Å². The summed E-state index contributed by atoms with van der Waals surface area (Å²) in [5.41, 5.74) is 0. The van der Waals surface area contributed by atoms with E-state index in [-0.39, 0.29) is 12.2 Å². The van der Waals surface area contributed by atoms with Crippen molar-refractivity contribution in [3.8, 4) is 0 Å². The Morgan fingerprint density at radius 1 is 1.18 bits per heavy atom. The molecular formula is C13H20O4. The fourth-order valence-corrected chi connectivity index (χ4v) is 2.23. The Balaban J connectivity index is 2.01. The van der Waals surface area contributed by atoms with E-state index in [9.17, 15) is 14.4 Å². The van der Waals surface area contributed by atoms with Gasteiger partial charge < -0.3 is 5.11 Å². The van der Waals surface area contributed by atoms with Crippen LogP contribution in [0.15, 0.2) is 0 Å². The third-order valence-electron chi connectivity index (χ3n) is 3.28. The molecule has 0 aromatic carbocycles. The molecule has 96 valence electrons. The molecule has 1 N–H and O–H groups in total. The Morgan fingerprint density at radius 3 is 2.47 bits per heavy atom. The van der Waals surface area contributed by atoms with Gasteiger partial charge in [0.15, 0.2) is 0 Å². The van der Waals surface area contributed by atoms with Gasteiger partial charge in [0, 0.05) is 32.1 Å². The lowest BCUT2D eigenvalue weighted by molar-refractivity contribution is -0.137. The molecule has 0 saturated heterocycles. The van der Waals surface area contributed by atoms with Crippen molar-refractivity contribution in [2.24, 2.45) is 5.92 Å². The van der Waals surface area contributed by atoms with Crippen LogP contribution < -0.4 is 0 Å². The zero-order valence-electron chi connectivity index (χ0n) is 10.1. The fourth-order valence-electron chi connectivity index (χ4n) is 2.23. The third kappa shape index (κ3) is 6.19. The van der Waals surface area contributed by atoms with Gasteiger partial charge in [0.2, 0.25) is 0 Å². The SMILES string of the molecule is O=C(O)CCCCC(=O)CCC1CCC(=O)C1. The quantitative estimate of drug-likeness (QED) is 0.661. The molecule has 0 aromatic rings. The number of unbranched alkanes of at least 4 members (excludes halogenated alkanes) is 1. The van der Waals surface area contributed by atoms with Crippen LogP contribution in [0.25, 0.3) is 0 Å². The first-order chi connectivity index (χ1) is 8.08. The topological polar surface area (TPSA) is 71.4 Å². The summed E-state index contributed by atoms with van der Waals surface area (Å²) in [4.78, 5) is 32.8. The van der Waals surface area contributed by atoms with E-state index in [1.165, 1.54) is 0 Å². The summed E-state index contributed by atoms with van der Waals surface area (Å²) in [5, 5.41) is 8.43. The molecular weight excluding hydrogens is 220 g/mol. The van der Waals surface area contributed by atoms with E-state index in [0.29, 0.717) is 50.2 Å². The molecule has 4 nitrogen and oxygen atoms in total. The molecule has 1 aliphatic carbocycles. The lowest BCUT2D eigenvalue weighted by Gasteiger charge is -2.06. The van der Waals surface area contributed by atoms with Gasteiger partial charge >= 0.3 is 5.97 Å². The van der Waals surface area contributed by atoms with Crippen LogP contribution in [0.2, 0.25) is 0 Å². The Labute approximate surface area is 101 Å². The van der Waals surface area contributed by atoms with E-state index in [4.69, 9.17) is 5.11 Å². The summed E-state index contributed by atoms with van der Waals surface area (Å²) >= 11 is 0. The van der Waals surface area contributed by atoms with E-state index < -0.39 is 5.97 Å². The maximum Gasteiger partial charge on any atom is 0.303 e. The number of aliphatic carboxylic acids is 1. The Bertz CT molecular complexity index is 296. The van der Waals surface area contributed by atoms with Crippen molar-refractivity contribution in [1.29, 1.82) is 0 Å². The van der Waals surface area contributed by atoms with Gasteiger partial charge in [-0.05, 0) is 31.6 Å². The van der Waals surface area contributed by atoms with Crippen LogP contribution in [-0.2, 0) is 14.4 Å². The van der Waals surface area contributed by atoms with Gasteiger partial charge in [-0.2, -0.15) is 0 Å². The fraction of sp³-hybridized carbons (Fsp3) is 0.769. The molecule has 1 aliphatic rings. The van der Waals surface area contributed by atoms with Crippen molar-refractivity contribution in [2.75, 3.05) is 0 Å². The predicted octanol–water partition coefficient (Wildman–Crippen LogP) is 2.35. The minimum Gasteiger partial charge on any atom is -0.481 e. The molecule has 1 saturated carbocycles. The van der Waals surface area contributed by atoms with Gasteiger partial charge in [0.05, 0.1) is 0 Å². The summed E-state index contributed by atoms with van der Waals surface area (Å²) in [7, 11) is 0. The minimum absolute atomic E-state index is 0.143. The highest BCUT2D eigenvalue weighted by molar-refractivity contribution is 5.81. The summed E-state index contributed by atoms with van der Waals surface area (Å²) < 4.78 is 0. The Morgan fingerprint density at radius 2 is 1.88 bits per heavy atom. The zero-order valence-corrected chi connectivity index (χ0v) is 10.1. The van der Waals surface area contributed by atoms with Crippen LogP contribution in [0, 0.1) is 5.92 Å². The first-order valence-corrected chi connectivity index (χ1v) is 6.33. The molecule has 0 spiro atoms. The molecule has 0 heterocycles. The maximum atomic E-state index is 11.5. The average molecular weight is 240 g/mol. The van der Waals surface area contributed by atoms with E-state index in [1.807, 2.05) is 0 Å². The number of ketones is 2. The van der Waals surface area contributed by atoms with E-state index in [0.717, 1.165) is 12.8 Å². The normalized spacial score (nSPS) is 19.5. The molecule has 1 rings (SSSR count). The summed E-state index contributed by atoms with van der Waals surface area (Å²) in [6.45, 7) is 0. The van der Waals surface area contributed by atoms with E-state index in [1.54, 1.807) is 0 Å². The van der Waals surface area contributed by atoms with Crippen LogP contribution in [0.5, 0.6) is 0 Å². The number of carbonyl (C=O) groups excluding carboxylic acids is 2. The summed E-state index contributed by atoms with van der Waals surface area (Å²) in [6, 6.07) is 0. The molecule has 1 atom stereocenters. The van der Waals surface area contributed by atoms with Crippen molar-refractivity contribution >= 4 is 17.5 Å². The third-order valence-corrected chi connectivity index (χ3v) is 3.28. The molecule has 0 bridgehead atoms. The first-order valence-electron chi connectivity index (χ1n) is 6.33. The van der Waals surface area contributed by atoms with Crippen LogP contribution in [0.1, 0.15) is 57.8 Å². The van der Waals surface area contributed by atoms with Crippen LogP contribution in [-0.4, -0.2) is 22.6 Å². The maximum absolute atomic E-state index is 11.5. The van der Waals surface area contributed by atoms with Crippen LogP contribution in [0.3, 0.4) is 0 Å². The van der Waals surface area contributed by atoms with Crippen molar-refractivity contribution < 1.29 is 19.5 Å². The van der Waals surface area contributed by atoms with Crippen molar-refractivity contribution in [3.63, 3.8) is 0 Å². The van der Waals surface area contributed by atoms with E-state index in [2.05, 4.69) is 0 Å². The van der Waals surface area contributed by atoms with Gasteiger partial charge in [-0.15, -0.1) is 0 Å². The minimum atomic E-state index is -0.804. The molecule has 0 radical (unpaired) electrons. The summed E-state index contributed by atoms with van der Waals surface area (Å²) in [6.07, 6.45) is 5.49. The molecule has 1 unspecified atom stereocenters. The van der Waals surface area contributed by atoms with Gasteiger partial charge in [-0.25, -0.2) is 0 Å². The Hall–Kier alpha value is -1.19. The number of Topliss-reactive ketones (excluding diaryl/α,β-unsaturated/α-hetero) is 2. The van der Waals surface area contributed by atoms with E-state index >= 15 is 0 Å². The number of carbonyl (C=O) groups is 3. The second-order valence-corrected chi connectivity index (χ2v) is 4.83. The van der Waals surface area contributed by atoms with Crippen LogP contribution in [0.4, 0.5) is 0 Å². The smallest absolute Gasteiger partial charge is 0.303 e. The van der Waals surface area contributed by atoms with Gasteiger partial charge in [0.25, 0.3) is 0 Å². The second-order valence-electron chi connectivity index (χ2n) is 4.83. The standard InChI is InChI=1S/C13H20O4/c14-11(3-1-2-4-13(16)17)7-5-10-6-8-12(15)9-10/h10H,1-9H2,(H,16,17). The number of carboxylic acid groups (broad SMARTS) is 1. The molecule has 1 fully saturated rings. The van der Waals surface area contributed by atoms with Gasteiger partial charge in [0.1, 0.15) is 11.6 Å². The highest BCUT2D eigenvalue weighted by Gasteiger charge is 2.22. The monoisotopic (exact) mass is 240 g/mol. The average Bonchev–Trinajstić information content (AvgIpc) is 2.67. The number of carboxylic acids is 1. The highest BCUT2D eigenvalue weighted by Crippen LogP contribution is 2.26. The summed E-state index contributed by atoms with van der Waals surface area (Å²) in [5.74, 6) is 0.131. The lowest BCUT2D eigenvalue weighted by atomic mass is 9.98. The van der Waals surface area contributed by atoms with Crippen molar-refractivity contribution in [2.45, 2.75) is 57.8 Å². The molecule has 0 aliphatic heterocycles. The highest BCUT2D eigenvalue weighted by atomic mass is 16.4. The van der Waals surface area contributed by atoms with Crippen molar-refractivity contribution in [3.05, 3.63) is 0 Å². The largest absolute Gasteiger partial charge is 0.481 e. The number of hydrogen-bond acceptors (Lipinski definition) is 3. The molecule has 0 amide bonds. The number of rotatable bonds is 8. The lowest BCUT2D eigenvalue weighted by Crippen LogP contribution is -2.03. The second kappa shape index (κ2) is 7.20. The number of hydrogen-bond donors (Lipinski definition) is 1. The zero-order chi connectivity index (χ0) is 12.7. The molecule has 4 heteroatoms. The Kier molecular flexibility index (Phi) is 5.87.